The summed E-state index contributed by atoms with van der Waals surface area (Å²) in [5.74, 6) is -0.344. The molecule has 0 saturated carbocycles. The molecule has 2 heterocycles. The number of esters is 1. The number of allylic oxidation sites excluding steroid dienone is 1. The van der Waals surface area contributed by atoms with Crippen LogP contribution in [0, 0.1) is 5.92 Å². The van der Waals surface area contributed by atoms with Gasteiger partial charge in [0.1, 0.15) is 0 Å². The van der Waals surface area contributed by atoms with E-state index >= 15 is 0 Å². The first-order valence-electron chi connectivity index (χ1n) is 12.2. The fourth-order valence-electron chi connectivity index (χ4n) is 4.70. The van der Waals surface area contributed by atoms with Crippen molar-refractivity contribution in [2.75, 3.05) is 33.4 Å². The van der Waals surface area contributed by atoms with E-state index in [1.54, 1.807) is 12.1 Å². The molecule has 1 amide bonds. The summed E-state index contributed by atoms with van der Waals surface area (Å²) in [5, 5.41) is 9.45. The van der Waals surface area contributed by atoms with E-state index in [1.165, 1.54) is 13.5 Å². The zero-order valence-electron chi connectivity index (χ0n) is 19.8. The molecule has 0 radical (unpaired) electrons. The fraction of sp³-hybridized carbons (Fsp3) is 0.615. The molecule has 33 heavy (non-hydrogen) atoms. The second kappa shape index (κ2) is 12.8. The van der Waals surface area contributed by atoms with E-state index in [1.807, 2.05) is 30.0 Å². The van der Waals surface area contributed by atoms with E-state index < -0.39 is 6.29 Å². The van der Waals surface area contributed by atoms with Gasteiger partial charge in [-0.1, -0.05) is 31.4 Å². The highest BCUT2D eigenvalue weighted by molar-refractivity contribution is 5.92. The number of carbonyl (C=O) groups is 2. The number of nitrogens with zero attached hydrogens (tertiary/aromatic N) is 1. The highest BCUT2D eigenvalue weighted by atomic mass is 16.7. The molecule has 3 rings (SSSR count). The molecule has 0 bridgehead atoms. The molecule has 7 nitrogen and oxygen atoms in total. The quantitative estimate of drug-likeness (QED) is 0.591. The number of hydrogen-bond donors (Lipinski definition) is 1. The Labute approximate surface area is 196 Å². The summed E-state index contributed by atoms with van der Waals surface area (Å²) in [6, 6.07) is 7.27. The predicted octanol–water partition coefficient (Wildman–Crippen LogP) is 4.01. The Morgan fingerprint density at radius 2 is 1.76 bits per heavy atom. The highest BCUT2D eigenvalue weighted by Gasteiger charge is 2.38. The van der Waals surface area contributed by atoms with Gasteiger partial charge in [0.15, 0.2) is 5.76 Å². The van der Waals surface area contributed by atoms with Gasteiger partial charge in [0.2, 0.25) is 6.29 Å². The molecule has 0 aliphatic carbocycles. The average molecular weight is 460 g/mol. The van der Waals surface area contributed by atoms with E-state index in [-0.39, 0.29) is 30.3 Å². The van der Waals surface area contributed by atoms with E-state index in [9.17, 15) is 14.7 Å². The number of aliphatic hydroxyl groups is 1. The van der Waals surface area contributed by atoms with Crippen LogP contribution in [0.2, 0.25) is 0 Å². The van der Waals surface area contributed by atoms with Crippen LogP contribution in [0.25, 0.3) is 0 Å². The van der Waals surface area contributed by atoms with E-state index in [0.29, 0.717) is 30.8 Å². The van der Waals surface area contributed by atoms with Crippen LogP contribution in [0.4, 0.5) is 0 Å². The molecule has 3 atom stereocenters. The number of aliphatic hydroxyl groups excluding tert-OH is 1. The summed E-state index contributed by atoms with van der Waals surface area (Å²) in [6.07, 6.45) is 8.15. The number of likely N-dealkylation sites (tertiary alicyclic amines) is 1. The predicted molar refractivity (Wildman–Crippen MR) is 125 cm³/mol. The normalized spacial score (nSPS) is 23.7. The maximum absolute atomic E-state index is 13.4. The number of benzene rings is 1. The number of rotatable bonds is 8. The summed E-state index contributed by atoms with van der Waals surface area (Å²) in [7, 11) is 1.36. The van der Waals surface area contributed by atoms with Crippen LogP contribution in [0.5, 0.6) is 0 Å². The number of ether oxygens (including phenoxy) is 3. The van der Waals surface area contributed by atoms with E-state index in [4.69, 9.17) is 14.2 Å². The zero-order chi connectivity index (χ0) is 23.6. The van der Waals surface area contributed by atoms with Gasteiger partial charge in [-0.15, -0.1) is 0 Å². The molecule has 1 saturated heterocycles. The Kier molecular flexibility index (Phi) is 9.76. The van der Waals surface area contributed by atoms with Gasteiger partial charge < -0.3 is 24.2 Å². The lowest BCUT2D eigenvalue weighted by molar-refractivity contribution is -0.170. The van der Waals surface area contributed by atoms with Crippen molar-refractivity contribution in [2.45, 2.75) is 64.1 Å². The molecule has 2 aliphatic heterocycles. The number of methoxy groups -OCH3 is 1. The maximum Gasteiger partial charge on any atom is 0.337 e. The number of amides is 1. The van der Waals surface area contributed by atoms with E-state index in [2.05, 4.69) is 0 Å². The Morgan fingerprint density at radius 3 is 2.36 bits per heavy atom. The fourth-order valence-corrected chi connectivity index (χ4v) is 4.70. The summed E-state index contributed by atoms with van der Waals surface area (Å²) in [5.41, 5.74) is 1.44. The molecule has 1 aromatic carbocycles. The summed E-state index contributed by atoms with van der Waals surface area (Å²) in [4.78, 5) is 27.2. The summed E-state index contributed by atoms with van der Waals surface area (Å²) < 4.78 is 16.9. The minimum absolute atomic E-state index is 0.0649. The molecule has 7 heteroatoms. The van der Waals surface area contributed by atoms with Crippen LogP contribution >= 0.6 is 0 Å². The molecule has 182 valence electrons. The van der Waals surface area contributed by atoms with Gasteiger partial charge in [0, 0.05) is 38.1 Å². The Morgan fingerprint density at radius 1 is 1.09 bits per heavy atom. The van der Waals surface area contributed by atoms with Crippen LogP contribution in [-0.4, -0.2) is 61.6 Å². The molecule has 0 unspecified atom stereocenters. The summed E-state index contributed by atoms with van der Waals surface area (Å²) >= 11 is 0. The smallest absolute Gasteiger partial charge is 0.337 e. The first-order chi connectivity index (χ1) is 16.1. The van der Waals surface area contributed by atoms with Gasteiger partial charge in [-0.25, -0.2) is 4.79 Å². The lowest BCUT2D eigenvalue weighted by Crippen LogP contribution is -2.41. The van der Waals surface area contributed by atoms with Crippen molar-refractivity contribution >= 4 is 11.9 Å². The topological polar surface area (TPSA) is 85.3 Å². The molecule has 2 aliphatic rings. The van der Waals surface area contributed by atoms with Crippen LogP contribution in [0.1, 0.15) is 73.7 Å². The second-order valence-electron chi connectivity index (χ2n) is 8.70. The second-order valence-corrected chi connectivity index (χ2v) is 8.70. The van der Waals surface area contributed by atoms with Gasteiger partial charge in [-0.2, -0.15) is 0 Å². The van der Waals surface area contributed by atoms with Gasteiger partial charge in [-0.3, -0.25) is 4.79 Å². The maximum atomic E-state index is 13.4. The minimum Gasteiger partial charge on any atom is -0.465 e. The summed E-state index contributed by atoms with van der Waals surface area (Å²) in [6.45, 7) is 3.92. The van der Waals surface area contributed by atoms with Crippen molar-refractivity contribution in [2.24, 2.45) is 5.92 Å². The van der Waals surface area contributed by atoms with Gasteiger partial charge in [0.25, 0.3) is 5.91 Å². The molecule has 1 fully saturated rings. The van der Waals surface area contributed by atoms with Gasteiger partial charge in [0.05, 0.1) is 12.7 Å². The SMILES string of the molecule is CCO[C@@H]1OC(C(=O)N2CCCCCCC2)=C[C@H](c2ccc(C(=O)OC)cc2)[C@H]1CCCO. The third-order valence-electron chi connectivity index (χ3n) is 6.48. The molecular formula is C26H37NO6. The first-order valence-corrected chi connectivity index (χ1v) is 12.2. The van der Waals surface area contributed by atoms with E-state index in [0.717, 1.165) is 44.3 Å². The van der Waals surface area contributed by atoms with Crippen LogP contribution in [0.15, 0.2) is 36.1 Å². The number of carbonyl (C=O) groups excluding carboxylic acids is 2. The lowest BCUT2D eigenvalue weighted by atomic mass is 9.80. The van der Waals surface area contributed by atoms with Crippen LogP contribution in [0.3, 0.4) is 0 Å². The Balaban J connectivity index is 1.92. The highest BCUT2D eigenvalue weighted by Crippen LogP contribution is 2.40. The van der Waals surface area contributed by atoms with Crippen LogP contribution < -0.4 is 0 Å². The van der Waals surface area contributed by atoms with Crippen molar-refractivity contribution in [1.29, 1.82) is 0 Å². The standard InChI is InChI=1S/C26H37NO6/c1-3-32-26-21(10-9-17-28)22(19-11-13-20(14-12-19)25(30)31-2)18-23(33-26)24(29)27-15-7-5-4-6-8-16-27/h11-14,18,21-22,26,28H,3-10,15-17H2,1-2H3/t21-,22-,26-/m1/s1. The van der Waals surface area contributed by atoms with Gasteiger partial charge in [-0.05, 0) is 56.4 Å². The largest absolute Gasteiger partial charge is 0.465 e. The van der Waals surface area contributed by atoms with Crippen molar-refractivity contribution in [1.82, 2.24) is 4.90 Å². The monoisotopic (exact) mass is 459 g/mol. The first kappa shape index (κ1) is 25.2. The molecule has 0 aromatic heterocycles. The van der Waals surface area contributed by atoms with Crippen molar-refractivity contribution in [3.8, 4) is 0 Å². The van der Waals surface area contributed by atoms with Crippen molar-refractivity contribution in [3.63, 3.8) is 0 Å². The minimum atomic E-state index is -0.578. The molecule has 0 spiro atoms. The lowest BCUT2D eigenvalue weighted by Gasteiger charge is -2.38. The molecule has 1 aromatic rings. The third kappa shape index (κ3) is 6.58. The number of hydrogen-bond acceptors (Lipinski definition) is 6. The van der Waals surface area contributed by atoms with Crippen molar-refractivity contribution in [3.05, 3.63) is 47.2 Å². The Hall–Kier alpha value is -2.38. The Bertz CT molecular complexity index is 798. The van der Waals surface area contributed by atoms with Gasteiger partial charge >= 0.3 is 5.97 Å². The van der Waals surface area contributed by atoms with Crippen molar-refractivity contribution < 1.29 is 28.9 Å². The average Bonchev–Trinajstić information content (AvgIpc) is 2.82. The molecule has 1 N–H and O–H groups in total. The molecular weight excluding hydrogens is 422 g/mol. The third-order valence-corrected chi connectivity index (χ3v) is 6.48. The van der Waals surface area contributed by atoms with Crippen LogP contribution in [-0.2, 0) is 19.0 Å². The zero-order valence-corrected chi connectivity index (χ0v) is 19.8.